The number of nitrogens with one attached hydrogen (secondary N) is 1. The first-order valence-corrected chi connectivity index (χ1v) is 6.80. The van der Waals surface area contributed by atoms with Crippen molar-refractivity contribution in [1.29, 1.82) is 0 Å². The first-order valence-electron chi connectivity index (χ1n) is 6.80. The molecule has 0 aliphatic heterocycles. The fourth-order valence-corrected chi connectivity index (χ4v) is 2.34. The van der Waals surface area contributed by atoms with Gasteiger partial charge in [-0.25, -0.2) is 0 Å². The van der Waals surface area contributed by atoms with Crippen molar-refractivity contribution in [1.82, 2.24) is 5.32 Å². The standard InChI is InChI=1S/C17H18F3N/c1-12-4-3-5-14(10-12)16(21-2)11-13-6-8-15(9-7-13)17(18,19)20/h3-10,16,21H,11H2,1-2H3. The van der Waals surface area contributed by atoms with Crippen molar-refractivity contribution in [3.05, 3.63) is 70.8 Å². The Morgan fingerprint density at radius 2 is 1.71 bits per heavy atom. The predicted octanol–water partition coefficient (Wildman–Crippen LogP) is 4.52. The minimum Gasteiger partial charge on any atom is -0.313 e. The zero-order chi connectivity index (χ0) is 15.5. The maximum atomic E-state index is 12.5. The van der Waals surface area contributed by atoms with E-state index in [1.54, 1.807) is 12.1 Å². The number of hydrogen-bond acceptors (Lipinski definition) is 1. The molecule has 2 aromatic rings. The molecule has 1 unspecified atom stereocenters. The van der Waals surface area contributed by atoms with Crippen LogP contribution >= 0.6 is 0 Å². The first kappa shape index (κ1) is 15.6. The summed E-state index contributed by atoms with van der Waals surface area (Å²) in [7, 11) is 1.86. The Balaban J connectivity index is 2.15. The van der Waals surface area contributed by atoms with E-state index in [1.807, 2.05) is 32.2 Å². The van der Waals surface area contributed by atoms with Crippen molar-refractivity contribution in [2.75, 3.05) is 7.05 Å². The lowest BCUT2D eigenvalue weighted by atomic mass is 9.97. The van der Waals surface area contributed by atoms with E-state index < -0.39 is 11.7 Å². The third kappa shape index (κ3) is 4.08. The molecule has 4 heteroatoms. The summed E-state index contributed by atoms with van der Waals surface area (Å²) in [6, 6.07) is 13.6. The van der Waals surface area contributed by atoms with E-state index in [0.717, 1.165) is 23.3 Å². The second-order valence-electron chi connectivity index (χ2n) is 5.15. The largest absolute Gasteiger partial charge is 0.416 e. The maximum Gasteiger partial charge on any atom is 0.416 e. The number of aryl methyl sites for hydroxylation is 1. The average Bonchev–Trinajstić information content (AvgIpc) is 2.44. The van der Waals surface area contributed by atoms with Gasteiger partial charge in [-0.15, -0.1) is 0 Å². The molecule has 0 saturated heterocycles. The molecule has 2 rings (SSSR count). The van der Waals surface area contributed by atoms with Gasteiger partial charge >= 0.3 is 6.18 Å². The molecule has 0 aliphatic carbocycles. The fraction of sp³-hybridized carbons (Fsp3) is 0.294. The van der Waals surface area contributed by atoms with Crippen LogP contribution in [0.1, 0.15) is 28.3 Å². The van der Waals surface area contributed by atoms with Crippen LogP contribution in [0.15, 0.2) is 48.5 Å². The van der Waals surface area contributed by atoms with Crippen LogP contribution < -0.4 is 5.32 Å². The van der Waals surface area contributed by atoms with Gasteiger partial charge in [0.15, 0.2) is 0 Å². The van der Waals surface area contributed by atoms with Crippen molar-refractivity contribution in [3.63, 3.8) is 0 Å². The second kappa shape index (κ2) is 6.31. The van der Waals surface area contributed by atoms with Gasteiger partial charge in [0, 0.05) is 6.04 Å². The normalized spacial score (nSPS) is 13.2. The Kier molecular flexibility index (Phi) is 4.68. The van der Waals surface area contributed by atoms with Crippen molar-refractivity contribution in [2.24, 2.45) is 0 Å². The summed E-state index contributed by atoms with van der Waals surface area (Å²) < 4.78 is 37.6. The summed E-state index contributed by atoms with van der Waals surface area (Å²) in [6.45, 7) is 2.02. The average molecular weight is 293 g/mol. The van der Waals surface area contributed by atoms with Crippen LogP contribution in [0, 0.1) is 6.92 Å². The molecule has 1 atom stereocenters. The quantitative estimate of drug-likeness (QED) is 0.874. The van der Waals surface area contributed by atoms with E-state index in [9.17, 15) is 13.2 Å². The Labute approximate surface area is 122 Å². The Morgan fingerprint density at radius 3 is 2.24 bits per heavy atom. The Bertz CT molecular complexity index is 588. The lowest BCUT2D eigenvalue weighted by Gasteiger charge is -2.18. The Hall–Kier alpha value is -1.81. The van der Waals surface area contributed by atoms with E-state index in [4.69, 9.17) is 0 Å². The number of alkyl halides is 3. The highest BCUT2D eigenvalue weighted by Gasteiger charge is 2.29. The number of likely N-dealkylation sites (N-methyl/N-ethyl adjacent to an activating group) is 1. The van der Waals surface area contributed by atoms with Crippen LogP contribution in [0.2, 0.25) is 0 Å². The zero-order valence-corrected chi connectivity index (χ0v) is 12.0. The topological polar surface area (TPSA) is 12.0 Å². The summed E-state index contributed by atoms with van der Waals surface area (Å²) in [5.74, 6) is 0. The molecular weight excluding hydrogens is 275 g/mol. The number of benzene rings is 2. The van der Waals surface area contributed by atoms with Crippen molar-refractivity contribution in [2.45, 2.75) is 25.6 Å². The molecule has 2 aromatic carbocycles. The van der Waals surface area contributed by atoms with E-state index >= 15 is 0 Å². The van der Waals surface area contributed by atoms with Gasteiger partial charge in [0.1, 0.15) is 0 Å². The molecule has 0 heterocycles. The van der Waals surface area contributed by atoms with Gasteiger partial charge in [-0.05, 0) is 43.7 Å². The molecule has 0 aliphatic rings. The maximum absolute atomic E-state index is 12.5. The smallest absolute Gasteiger partial charge is 0.313 e. The van der Waals surface area contributed by atoms with E-state index in [2.05, 4.69) is 11.4 Å². The van der Waals surface area contributed by atoms with Gasteiger partial charge in [-0.2, -0.15) is 13.2 Å². The minimum atomic E-state index is -4.28. The molecule has 0 bridgehead atoms. The summed E-state index contributed by atoms with van der Waals surface area (Å²) >= 11 is 0. The van der Waals surface area contributed by atoms with Gasteiger partial charge in [0.2, 0.25) is 0 Å². The third-order valence-electron chi connectivity index (χ3n) is 3.51. The van der Waals surface area contributed by atoms with E-state index in [0.29, 0.717) is 6.42 Å². The monoisotopic (exact) mass is 293 g/mol. The van der Waals surface area contributed by atoms with Gasteiger partial charge in [-0.1, -0.05) is 42.0 Å². The number of rotatable bonds is 4. The molecule has 112 valence electrons. The van der Waals surface area contributed by atoms with E-state index in [-0.39, 0.29) is 6.04 Å². The highest BCUT2D eigenvalue weighted by molar-refractivity contribution is 5.29. The number of halogens is 3. The summed E-state index contributed by atoms with van der Waals surface area (Å²) in [4.78, 5) is 0. The highest BCUT2D eigenvalue weighted by Crippen LogP contribution is 2.29. The predicted molar refractivity (Wildman–Crippen MR) is 78.1 cm³/mol. The second-order valence-corrected chi connectivity index (χ2v) is 5.15. The van der Waals surface area contributed by atoms with Crippen LogP contribution in [0.3, 0.4) is 0 Å². The first-order chi connectivity index (χ1) is 9.90. The van der Waals surface area contributed by atoms with Crippen molar-refractivity contribution in [3.8, 4) is 0 Å². The third-order valence-corrected chi connectivity index (χ3v) is 3.51. The summed E-state index contributed by atoms with van der Waals surface area (Å²) in [5, 5.41) is 3.22. The van der Waals surface area contributed by atoms with Crippen LogP contribution in [-0.2, 0) is 12.6 Å². The molecule has 1 N–H and O–H groups in total. The van der Waals surface area contributed by atoms with Crippen LogP contribution in [-0.4, -0.2) is 7.05 Å². The molecule has 0 amide bonds. The number of hydrogen-bond donors (Lipinski definition) is 1. The Morgan fingerprint density at radius 1 is 1.05 bits per heavy atom. The SMILES string of the molecule is CNC(Cc1ccc(C(F)(F)F)cc1)c1cccc(C)c1. The minimum absolute atomic E-state index is 0.0848. The highest BCUT2D eigenvalue weighted by atomic mass is 19.4. The lowest BCUT2D eigenvalue weighted by molar-refractivity contribution is -0.137. The van der Waals surface area contributed by atoms with Crippen molar-refractivity contribution >= 4 is 0 Å². The zero-order valence-electron chi connectivity index (χ0n) is 12.0. The molecule has 0 fully saturated rings. The molecule has 0 spiro atoms. The van der Waals surface area contributed by atoms with E-state index in [1.165, 1.54) is 5.56 Å². The van der Waals surface area contributed by atoms with Crippen LogP contribution in [0.4, 0.5) is 13.2 Å². The van der Waals surface area contributed by atoms with Crippen LogP contribution in [0.5, 0.6) is 0 Å². The van der Waals surface area contributed by atoms with Gasteiger partial charge < -0.3 is 5.32 Å². The molecule has 0 radical (unpaired) electrons. The van der Waals surface area contributed by atoms with Gasteiger partial charge in [-0.3, -0.25) is 0 Å². The molecule has 1 nitrogen and oxygen atoms in total. The lowest BCUT2D eigenvalue weighted by Crippen LogP contribution is -2.19. The summed E-state index contributed by atoms with van der Waals surface area (Å²) in [5.41, 5.74) is 2.57. The van der Waals surface area contributed by atoms with Crippen LogP contribution in [0.25, 0.3) is 0 Å². The van der Waals surface area contributed by atoms with Gasteiger partial charge in [0.25, 0.3) is 0 Å². The summed E-state index contributed by atoms with van der Waals surface area (Å²) in [6.07, 6.45) is -3.63. The van der Waals surface area contributed by atoms with Crippen molar-refractivity contribution < 1.29 is 13.2 Å². The van der Waals surface area contributed by atoms with Gasteiger partial charge in [0.05, 0.1) is 5.56 Å². The molecule has 21 heavy (non-hydrogen) atoms. The molecular formula is C17H18F3N. The molecule has 0 aromatic heterocycles. The molecule has 0 saturated carbocycles. The fourth-order valence-electron chi connectivity index (χ4n) is 2.34.